The summed E-state index contributed by atoms with van der Waals surface area (Å²) in [5.74, 6) is 3.17. The van der Waals surface area contributed by atoms with E-state index in [9.17, 15) is 0 Å². The molecule has 2 aliphatic carbocycles. The van der Waals surface area contributed by atoms with E-state index in [2.05, 4.69) is 65.9 Å². The number of aryl methyl sites for hydroxylation is 1. The number of nitrogens with one attached hydrogen (secondary N) is 1. The maximum atomic E-state index is 5.42. The maximum absolute atomic E-state index is 5.42. The molecule has 1 heterocycles. The molecule has 0 radical (unpaired) electrons. The van der Waals surface area contributed by atoms with Crippen molar-refractivity contribution in [1.82, 2.24) is 4.98 Å². The molecule has 0 atom stereocenters. The first kappa shape index (κ1) is 20.6. The normalized spacial score (nSPS) is 21.1. The summed E-state index contributed by atoms with van der Waals surface area (Å²) in [6.45, 7) is 3.21. The summed E-state index contributed by atoms with van der Waals surface area (Å²) >= 11 is 1.87. The molecule has 5 rings (SSSR count). The van der Waals surface area contributed by atoms with Crippen LogP contribution in [-0.2, 0) is 0 Å². The highest BCUT2D eigenvalue weighted by molar-refractivity contribution is 7.15. The van der Waals surface area contributed by atoms with E-state index in [4.69, 9.17) is 4.74 Å². The molecule has 0 saturated heterocycles. The lowest BCUT2D eigenvalue weighted by Crippen LogP contribution is -2.20. The first-order chi connectivity index (χ1) is 15.2. The van der Waals surface area contributed by atoms with Gasteiger partial charge in [-0.25, -0.2) is 4.98 Å². The van der Waals surface area contributed by atoms with Crippen molar-refractivity contribution in [3.8, 4) is 16.2 Å². The lowest BCUT2D eigenvalue weighted by molar-refractivity contribution is 0.338. The molecule has 4 heteroatoms. The van der Waals surface area contributed by atoms with Crippen molar-refractivity contribution in [3.05, 3.63) is 64.8 Å². The van der Waals surface area contributed by atoms with Crippen molar-refractivity contribution < 1.29 is 4.74 Å². The van der Waals surface area contributed by atoms with Crippen LogP contribution in [0, 0.1) is 12.8 Å². The molecule has 3 nitrogen and oxygen atoms in total. The van der Waals surface area contributed by atoms with Crippen molar-refractivity contribution in [3.63, 3.8) is 0 Å². The zero-order valence-electron chi connectivity index (χ0n) is 18.6. The number of nitrogens with zero attached hydrogens (tertiary/aromatic N) is 1. The van der Waals surface area contributed by atoms with Gasteiger partial charge >= 0.3 is 0 Å². The summed E-state index contributed by atoms with van der Waals surface area (Å²) in [6.07, 6.45) is 9.83. The fraction of sp³-hybridized carbons (Fsp3) is 0.444. The minimum absolute atomic E-state index is 0.691. The lowest BCUT2D eigenvalue weighted by Gasteiger charge is -2.29. The van der Waals surface area contributed by atoms with E-state index in [1.165, 1.54) is 70.8 Å². The first-order valence-electron chi connectivity index (χ1n) is 11.6. The van der Waals surface area contributed by atoms with E-state index < -0.39 is 0 Å². The molecule has 0 aliphatic heterocycles. The predicted molar refractivity (Wildman–Crippen MR) is 130 cm³/mol. The Morgan fingerprint density at radius 2 is 1.81 bits per heavy atom. The van der Waals surface area contributed by atoms with Crippen molar-refractivity contribution in [2.24, 2.45) is 5.92 Å². The van der Waals surface area contributed by atoms with Crippen LogP contribution in [0.3, 0.4) is 0 Å². The summed E-state index contributed by atoms with van der Waals surface area (Å²) in [7, 11) is 1.75. The van der Waals surface area contributed by atoms with E-state index in [1.54, 1.807) is 7.11 Å². The van der Waals surface area contributed by atoms with Crippen LogP contribution in [0.5, 0.6) is 5.75 Å². The van der Waals surface area contributed by atoms with E-state index in [0.717, 1.165) is 24.1 Å². The van der Waals surface area contributed by atoms with Gasteiger partial charge < -0.3 is 10.1 Å². The highest BCUT2D eigenvalue weighted by atomic mass is 32.1. The highest BCUT2D eigenvalue weighted by Crippen LogP contribution is 2.43. The van der Waals surface area contributed by atoms with Crippen LogP contribution in [-0.4, -0.2) is 18.6 Å². The fourth-order valence-corrected chi connectivity index (χ4v) is 5.92. The van der Waals surface area contributed by atoms with E-state index in [0.29, 0.717) is 5.92 Å². The third-order valence-electron chi connectivity index (χ3n) is 6.93. The lowest BCUT2D eigenvalue weighted by atomic mass is 9.78. The smallest absolute Gasteiger partial charge is 0.121 e. The monoisotopic (exact) mass is 432 g/mol. The molecule has 162 valence electrons. The summed E-state index contributed by atoms with van der Waals surface area (Å²) < 4.78 is 5.42. The topological polar surface area (TPSA) is 34.1 Å². The third kappa shape index (κ3) is 4.79. The molecular formula is C27H32N2OS. The van der Waals surface area contributed by atoms with Crippen LogP contribution in [0.2, 0.25) is 0 Å². The summed E-state index contributed by atoms with van der Waals surface area (Å²) in [5.41, 5.74) is 5.24. The summed E-state index contributed by atoms with van der Waals surface area (Å²) in [5, 5.41) is 5.03. The number of thiazole rings is 1. The maximum Gasteiger partial charge on any atom is 0.121 e. The number of anilines is 1. The minimum atomic E-state index is 0.691. The zero-order chi connectivity index (χ0) is 21.2. The van der Waals surface area contributed by atoms with Gasteiger partial charge in [0.05, 0.1) is 17.0 Å². The van der Waals surface area contributed by atoms with Gasteiger partial charge in [-0.2, -0.15) is 0 Å². The molecule has 1 N–H and O–H groups in total. The standard InChI is InChI=1S/C27H32N2OS/c1-18-14-22(12-13-25(18)30-2)20-8-6-19(7-9-20)16-28-24-5-3-4-23(15-24)26-17-29-27(31-26)21-10-11-21/h3-5,12-15,17,19-21,28H,6-11,16H2,1-2H3/t19-,20-. The molecule has 0 spiro atoms. The van der Waals surface area contributed by atoms with Gasteiger partial charge in [0.1, 0.15) is 5.75 Å². The molecule has 31 heavy (non-hydrogen) atoms. The van der Waals surface area contributed by atoms with Crippen LogP contribution >= 0.6 is 11.3 Å². The summed E-state index contributed by atoms with van der Waals surface area (Å²) in [6, 6.07) is 15.6. The predicted octanol–water partition coefficient (Wildman–Crippen LogP) is 7.39. The first-order valence-corrected chi connectivity index (χ1v) is 12.5. The number of aromatic nitrogens is 1. The molecule has 0 bridgehead atoms. The Morgan fingerprint density at radius 3 is 2.55 bits per heavy atom. The number of methoxy groups -OCH3 is 1. The van der Waals surface area contributed by atoms with Gasteiger partial charge in [0, 0.05) is 24.3 Å². The van der Waals surface area contributed by atoms with E-state index >= 15 is 0 Å². The third-order valence-corrected chi connectivity index (χ3v) is 8.14. The van der Waals surface area contributed by atoms with Gasteiger partial charge in [-0.1, -0.05) is 24.3 Å². The number of ether oxygens (including phenoxy) is 1. The fourth-order valence-electron chi connectivity index (χ4n) is 4.84. The second-order valence-corrected chi connectivity index (χ2v) is 10.3. The van der Waals surface area contributed by atoms with Crippen LogP contribution in [0.25, 0.3) is 10.4 Å². The van der Waals surface area contributed by atoms with Crippen molar-refractivity contribution >= 4 is 17.0 Å². The van der Waals surface area contributed by atoms with Crippen LogP contribution in [0.1, 0.15) is 66.5 Å². The molecule has 0 unspecified atom stereocenters. The minimum Gasteiger partial charge on any atom is -0.496 e. The van der Waals surface area contributed by atoms with Crippen LogP contribution in [0.4, 0.5) is 5.69 Å². The Morgan fingerprint density at radius 1 is 1.00 bits per heavy atom. The van der Waals surface area contributed by atoms with Gasteiger partial charge in [0.2, 0.25) is 0 Å². The largest absolute Gasteiger partial charge is 0.496 e. The van der Waals surface area contributed by atoms with Crippen molar-refractivity contribution in [1.29, 1.82) is 0 Å². The Labute approximate surface area is 189 Å². The molecule has 2 saturated carbocycles. The Kier molecular flexibility index (Phi) is 5.99. The van der Waals surface area contributed by atoms with Gasteiger partial charge in [-0.15, -0.1) is 11.3 Å². The van der Waals surface area contributed by atoms with Crippen molar-refractivity contribution in [2.45, 2.75) is 57.3 Å². The molecular weight excluding hydrogens is 400 g/mol. The average molecular weight is 433 g/mol. The number of hydrogen-bond donors (Lipinski definition) is 1. The zero-order valence-corrected chi connectivity index (χ0v) is 19.4. The summed E-state index contributed by atoms with van der Waals surface area (Å²) in [4.78, 5) is 5.93. The Balaban J connectivity index is 1.15. The average Bonchev–Trinajstić information content (AvgIpc) is 3.54. The van der Waals surface area contributed by atoms with Gasteiger partial charge in [-0.3, -0.25) is 0 Å². The van der Waals surface area contributed by atoms with Crippen LogP contribution in [0.15, 0.2) is 48.7 Å². The second kappa shape index (κ2) is 9.04. The van der Waals surface area contributed by atoms with Crippen molar-refractivity contribution in [2.75, 3.05) is 19.0 Å². The molecule has 2 aromatic carbocycles. The number of benzene rings is 2. The quantitative estimate of drug-likeness (QED) is 0.422. The van der Waals surface area contributed by atoms with Crippen LogP contribution < -0.4 is 10.1 Å². The molecule has 2 fully saturated rings. The molecule has 2 aliphatic rings. The van der Waals surface area contributed by atoms with Gasteiger partial charge in [0.15, 0.2) is 0 Å². The highest BCUT2D eigenvalue weighted by Gasteiger charge is 2.27. The molecule has 1 aromatic heterocycles. The molecule has 3 aromatic rings. The Hall–Kier alpha value is -2.33. The van der Waals surface area contributed by atoms with E-state index in [1.807, 2.05) is 11.3 Å². The van der Waals surface area contributed by atoms with Gasteiger partial charge in [0.25, 0.3) is 0 Å². The van der Waals surface area contributed by atoms with Gasteiger partial charge in [-0.05, 0) is 92.2 Å². The number of rotatable bonds is 7. The number of hydrogen-bond acceptors (Lipinski definition) is 4. The Bertz CT molecular complexity index is 1030. The molecule has 0 amide bonds. The SMILES string of the molecule is COc1ccc([C@H]2CC[C@H](CNc3cccc(-c4cnc(C5CC5)s4)c3)CC2)cc1C. The second-order valence-electron chi connectivity index (χ2n) is 9.25. The van der Waals surface area contributed by atoms with E-state index in [-0.39, 0.29) is 0 Å².